The molecular formula is C16H28N4. The van der Waals surface area contributed by atoms with Crippen molar-refractivity contribution >= 4 is 11.5 Å². The second-order valence-electron chi connectivity index (χ2n) is 7.22. The van der Waals surface area contributed by atoms with Crippen molar-refractivity contribution in [1.29, 1.82) is 0 Å². The molecule has 112 valence electrons. The van der Waals surface area contributed by atoms with E-state index in [2.05, 4.69) is 30.9 Å². The molecule has 3 rings (SSSR count). The van der Waals surface area contributed by atoms with E-state index in [0.29, 0.717) is 5.92 Å². The predicted octanol–water partition coefficient (Wildman–Crippen LogP) is 3.00. The summed E-state index contributed by atoms with van der Waals surface area (Å²) in [6, 6.07) is 0. The number of aryl methyl sites for hydroxylation is 1. The SMILES string of the molecule is CC(C)c1nn(C)c(N(C)CC2CC3CCC2C3)c1N. The monoisotopic (exact) mass is 276 g/mol. The third-order valence-corrected chi connectivity index (χ3v) is 5.38. The first-order valence-corrected chi connectivity index (χ1v) is 8.00. The summed E-state index contributed by atoms with van der Waals surface area (Å²) in [5.41, 5.74) is 8.23. The molecule has 0 saturated heterocycles. The van der Waals surface area contributed by atoms with Crippen LogP contribution in [0.25, 0.3) is 0 Å². The van der Waals surface area contributed by atoms with Crippen LogP contribution in [0.5, 0.6) is 0 Å². The fraction of sp³-hybridized carbons (Fsp3) is 0.812. The van der Waals surface area contributed by atoms with E-state index in [1.54, 1.807) is 0 Å². The molecule has 20 heavy (non-hydrogen) atoms. The number of hydrogen-bond acceptors (Lipinski definition) is 3. The lowest BCUT2D eigenvalue weighted by Gasteiger charge is -2.28. The molecule has 2 bridgehead atoms. The first-order valence-electron chi connectivity index (χ1n) is 8.00. The van der Waals surface area contributed by atoms with Crippen LogP contribution in [0.2, 0.25) is 0 Å². The van der Waals surface area contributed by atoms with Gasteiger partial charge in [-0.15, -0.1) is 0 Å². The maximum Gasteiger partial charge on any atom is 0.150 e. The van der Waals surface area contributed by atoms with Crippen LogP contribution in [0.1, 0.15) is 51.1 Å². The molecule has 3 unspecified atom stereocenters. The molecular weight excluding hydrogens is 248 g/mol. The minimum atomic E-state index is 0.380. The zero-order valence-electron chi connectivity index (χ0n) is 13.3. The molecule has 4 nitrogen and oxygen atoms in total. The van der Waals surface area contributed by atoms with E-state index in [0.717, 1.165) is 41.5 Å². The minimum absolute atomic E-state index is 0.380. The molecule has 1 aromatic heterocycles. The molecule has 2 saturated carbocycles. The molecule has 1 aromatic rings. The number of nitrogens with zero attached hydrogens (tertiary/aromatic N) is 3. The van der Waals surface area contributed by atoms with Crippen LogP contribution < -0.4 is 10.6 Å². The number of nitrogen functional groups attached to an aromatic ring is 1. The molecule has 0 amide bonds. The Morgan fingerprint density at radius 2 is 2.10 bits per heavy atom. The minimum Gasteiger partial charge on any atom is -0.394 e. The van der Waals surface area contributed by atoms with Crippen LogP contribution in [0.3, 0.4) is 0 Å². The summed E-state index contributed by atoms with van der Waals surface area (Å²) in [4.78, 5) is 2.33. The van der Waals surface area contributed by atoms with Crippen LogP contribution >= 0.6 is 0 Å². The molecule has 4 heteroatoms. The maximum absolute atomic E-state index is 6.33. The highest BCUT2D eigenvalue weighted by atomic mass is 15.4. The lowest BCUT2D eigenvalue weighted by atomic mass is 9.88. The number of fused-ring (bicyclic) bond motifs is 2. The zero-order chi connectivity index (χ0) is 14.4. The molecule has 0 radical (unpaired) electrons. The maximum atomic E-state index is 6.33. The molecule has 0 aliphatic heterocycles. The first kappa shape index (κ1) is 13.8. The fourth-order valence-corrected chi connectivity index (χ4v) is 4.47. The molecule has 2 N–H and O–H groups in total. The van der Waals surface area contributed by atoms with Gasteiger partial charge in [0.25, 0.3) is 0 Å². The van der Waals surface area contributed by atoms with E-state index in [-0.39, 0.29) is 0 Å². The van der Waals surface area contributed by atoms with E-state index in [1.165, 1.54) is 25.7 Å². The molecule has 1 heterocycles. The highest BCUT2D eigenvalue weighted by molar-refractivity contribution is 5.66. The molecule has 3 atom stereocenters. The third-order valence-electron chi connectivity index (χ3n) is 5.38. The fourth-order valence-electron chi connectivity index (χ4n) is 4.47. The lowest BCUT2D eigenvalue weighted by molar-refractivity contribution is 0.336. The second-order valence-corrected chi connectivity index (χ2v) is 7.22. The van der Waals surface area contributed by atoms with Gasteiger partial charge in [0.2, 0.25) is 0 Å². The summed E-state index contributed by atoms with van der Waals surface area (Å²) >= 11 is 0. The summed E-state index contributed by atoms with van der Waals surface area (Å²) in [5, 5.41) is 4.60. The summed E-state index contributed by atoms with van der Waals surface area (Å²) in [5.74, 6) is 4.30. The number of anilines is 2. The Morgan fingerprint density at radius 3 is 2.60 bits per heavy atom. The van der Waals surface area contributed by atoms with Gasteiger partial charge in [-0.25, -0.2) is 0 Å². The smallest absolute Gasteiger partial charge is 0.150 e. The van der Waals surface area contributed by atoms with E-state index in [4.69, 9.17) is 5.73 Å². The van der Waals surface area contributed by atoms with Gasteiger partial charge in [0.15, 0.2) is 0 Å². The Kier molecular flexibility index (Phi) is 3.43. The van der Waals surface area contributed by atoms with Crippen LogP contribution in [-0.4, -0.2) is 23.4 Å². The van der Waals surface area contributed by atoms with Gasteiger partial charge in [-0.2, -0.15) is 5.10 Å². The van der Waals surface area contributed by atoms with E-state index in [1.807, 2.05) is 11.7 Å². The molecule has 2 aliphatic rings. The van der Waals surface area contributed by atoms with Crippen molar-refractivity contribution in [1.82, 2.24) is 9.78 Å². The van der Waals surface area contributed by atoms with Gasteiger partial charge >= 0.3 is 0 Å². The largest absolute Gasteiger partial charge is 0.394 e. The quantitative estimate of drug-likeness (QED) is 0.919. The third kappa shape index (κ3) is 2.19. The summed E-state index contributed by atoms with van der Waals surface area (Å²) in [6.07, 6.45) is 5.80. The predicted molar refractivity (Wildman–Crippen MR) is 83.9 cm³/mol. The molecule has 0 spiro atoms. The van der Waals surface area contributed by atoms with Crippen molar-refractivity contribution in [2.45, 2.75) is 45.4 Å². The van der Waals surface area contributed by atoms with Gasteiger partial charge in [-0.05, 0) is 42.9 Å². The second kappa shape index (κ2) is 4.97. The highest BCUT2D eigenvalue weighted by Gasteiger charge is 2.40. The lowest BCUT2D eigenvalue weighted by Crippen LogP contribution is -2.30. The molecule has 2 aliphatic carbocycles. The highest BCUT2D eigenvalue weighted by Crippen LogP contribution is 2.48. The van der Waals surface area contributed by atoms with Gasteiger partial charge < -0.3 is 10.6 Å². The Hall–Kier alpha value is -1.19. The average molecular weight is 276 g/mol. The van der Waals surface area contributed by atoms with E-state index < -0.39 is 0 Å². The van der Waals surface area contributed by atoms with Crippen molar-refractivity contribution in [3.63, 3.8) is 0 Å². The topological polar surface area (TPSA) is 47.1 Å². The summed E-state index contributed by atoms with van der Waals surface area (Å²) in [6.45, 7) is 5.43. The molecule has 0 aromatic carbocycles. The number of nitrogens with two attached hydrogens (primary N) is 1. The van der Waals surface area contributed by atoms with Crippen LogP contribution in [0.4, 0.5) is 11.5 Å². The summed E-state index contributed by atoms with van der Waals surface area (Å²) < 4.78 is 1.96. The van der Waals surface area contributed by atoms with Crippen molar-refractivity contribution in [2.75, 3.05) is 24.2 Å². The standard InChI is InChI=1S/C16H28N4/c1-10(2)15-14(17)16(20(4)18-15)19(3)9-13-8-11-5-6-12(13)7-11/h10-13H,5-9,17H2,1-4H3. The normalized spacial score (nSPS) is 28.6. The van der Waals surface area contributed by atoms with Crippen LogP contribution in [0, 0.1) is 17.8 Å². The zero-order valence-corrected chi connectivity index (χ0v) is 13.3. The molecule has 2 fully saturated rings. The first-order chi connectivity index (χ1) is 9.47. The van der Waals surface area contributed by atoms with Crippen molar-refractivity contribution in [3.8, 4) is 0 Å². The van der Waals surface area contributed by atoms with Gasteiger partial charge in [0.05, 0.1) is 11.4 Å². The van der Waals surface area contributed by atoms with E-state index in [9.17, 15) is 0 Å². The number of hydrogen-bond donors (Lipinski definition) is 1. The van der Waals surface area contributed by atoms with Gasteiger partial charge in [0, 0.05) is 20.6 Å². The Labute approximate surface area is 122 Å². The van der Waals surface area contributed by atoms with Gasteiger partial charge in [0.1, 0.15) is 5.82 Å². The summed E-state index contributed by atoms with van der Waals surface area (Å²) in [7, 11) is 4.18. The Morgan fingerprint density at radius 1 is 1.35 bits per heavy atom. The van der Waals surface area contributed by atoms with Crippen molar-refractivity contribution in [3.05, 3.63) is 5.69 Å². The van der Waals surface area contributed by atoms with Gasteiger partial charge in [-0.3, -0.25) is 4.68 Å². The van der Waals surface area contributed by atoms with E-state index >= 15 is 0 Å². The van der Waals surface area contributed by atoms with Crippen molar-refractivity contribution in [2.24, 2.45) is 24.8 Å². The Balaban J connectivity index is 1.75. The van der Waals surface area contributed by atoms with Crippen molar-refractivity contribution < 1.29 is 0 Å². The number of rotatable bonds is 4. The van der Waals surface area contributed by atoms with Gasteiger partial charge in [-0.1, -0.05) is 20.3 Å². The Bertz CT molecular complexity index is 491. The van der Waals surface area contributed by atoms with Crippen LogP contribution in [-0.2, 0) is 7.05 Å². The van der Waals surface area contributed by atoms with Crippen LogP contribution in [0.15, 0.2) is 0 Å². The average Bonchev–Trinajstić information content (AvgIpc) is 3.03. The number of aromatic nitrogens is 2.